The van der Waals surface area contributed by atoms with Crippen LogP contribution in [0, 0.1) is 6.92 Å². The van der Waals surface area contributed by atoms with Gasteiger partial charge in [-0.25, -0.2) is 17.9 Å². The summed E-state index contributed by atoms with van der Waals surface area (Å²) in [5, 5.41) is 24.8. The first-order valence-electron chi connectivity index (χ1n) is 9.66. The predicted molar refractivity (Wildman–Crippen MR) is 114 cm³/mol. The number of hydrogen-bond acceptors (Lipinski definition) is 7. The van der Waals surface area contributed by atoms with Crippen LogP contribution in [0.4, 0.5) is 13.2 Å². The molecular weight excluding hydrogens is 467 g/mol. The van der Waals surface area contributed by atoms with E-state index in [1.54, 1.807) is 20.8 Å². The average Bonchev–Trinajstić information content (AvgIpc) is 3.15. The summed E-state index contributed by atoms with van der Waals surface area (Å²) < 4.78 is 68.0. The Labute approximate surface area is 187 Å². The fourth-order valence-electron chi connectivity index (χ4n) is 3.08. The minimum absolute atomic E-state index is 0.192. The molecule has 2 heterocycles. The number of fused-ring (bicyclic) bond motifs is 1. The minimum Gasteiger partial charge on any atom is -0.390 e. The highest BCUT2D eigenvalue weighted by molar-refractivity contribution is 7.91. The monoisotopic (exact) mass is 491 g/mol. The highest BCUT2D eigenvalue weighted by atomic mass is 32.2. The van der Waals surface area contributed by atoms with Gasteiger partial charge in [0.05, 0.1) is 33.2 Å². The number of aliphatic hydroxyl groups is 2. The third-order valence-corrected chi connectivity index (χ3v) is 7.75. The Bertz CT molecular complexity index is 1260. The van der Waals surface area contributed by atoms with E-state index in [9.17, 15) is 31.8 Å². The molecule has 1 aromatic carbocycles. The van der Waals surface area contributed by atoms with E-state index in [0.717, 1.165) is 23.5 Å². The van der Waals surface area contributed by atoms with Gasteiger partial charge < -0.3 is 10.2 Å². The summed E-state index contributed by atoms with van der Waals surface area (Å²) in [7, 11) is -4.37. The number of benzene rings is 1. The van der Waals surface area contributed by atoms with E-state index in [-0.39, 0.29) is 12.0 Å². The summed E-state index contributed by atoms with van der Waals surface area (Å²) >= 11 is 1.13. The fourth-order valence-corrected chi connectivity index (χ4v) is 5.84. The summed E-state index contributed by atoms with van der Waals surface area (Å²) in [6.07, 6.45) is -5.11. The third kappa shape index (κ3) is 4.98. The van der Waals surface area contributed by atoms with Crippen LogP contribution in [0.25, 0.3) is 16.2 Å². The lowest BCUT2D eigenvalue weighted by molar-refractivity contribution is -0.139. The zero-order chi connectivity index (χ0) is 24.3. The number of alkyl halides is 3. The first-order valence-corrected chi connectivity index (χ1v) is 12.1. The van der Waals surface area contributed by atoms with Crippen LogP contribution < -0.4 is 0 Å². The van der Waals surface area contributed by atoms with Crippen LogP contribution in [0.1, 0.15) is 50.4 Å². The van der Waals surface area contributed by atoms with Gasteiger partial charge in [0.25, 0.3) is 0 Å². The molecule has 176 valence electrons. The largest absolute Gasteiger partial charge is 0.417 e. The first kappa shape index (κ1) is 24.6. The third-order valence-electron chi connectivity index (χ3n) is 4.78. The molecule has 0 aliphatic heterocycles. The Morgan fingerprint density at radius 3 is 2.28 bits per heavy atom. The smallest absolute Gasteiger partial charge is 0.390 e. The first-order chi connectivity index (χ1) is 14.4. The number of rotatable bonds is 6. The standard InChI is InChI=1S/C20H24F3N3O4S2/c1-11-15(26-17(24-11)31-16(25-26)19(4,5)28)12-6-7-13(20(21,22)23)14(10-12)32(29,30)9-8-18(2,3)27/h6-7,10,27-28H,8-9H2,1-5H3. The van der Waals surface area contributed by atoms with Crippen molar-refractivity contribution in [1.29, 1.82) is 0 Å². The molecule has 2 aromatic heterocycles. The summed E-state index contributed by atoms with van der Waals surface area (Å²) in [6, 6.07) is 2.88. The van der Waals surface area contributed by atoms with Gasteiger partial charge in [-0.2, -0.15) is 18.3 Å². The van der Waals surface area contributed by atoms with Crippen LogP contribution in [0.3, 0.4) is 0 Å². The van der Waals surface area contributed by atoms with Crippen molar-refractivity contribution in [3.05, 3.63) is 34.5 Å². The van der Waals surface area contributed by atoms with Crippen LogP contribution in [0.15, 0.2) is 23.1 Å². The molecule has 0 atom stereocenters. The van der Waals surface area contributed by atoms with Crippen molar-refractivity contribution in [3.63, 3.8) is 0 Å². The van der Waals surface area contributed by atoms with Crippen molar-refractivity contribution < 1.29 is 31.8 Å². The van der Waals surface area contributed by atoms with Crippen molar-refractivity contribution in [1.82, 2.24) is 14.6 Å². The maximum atomic E-state index is 13.6. The molecule has 0 unspecified atom stereocenters. The molecule has 32 heavy (non-hydrogen) atoms. The molecule has 3 rings (SSSR count). The van der Waals surface area contributed by atoms with E-state index in [0.29, 0.717) is 21.4 Å². The van der Waals surface area contributed by atoms with Gasteiger partial charge in [0.2, 0.25) is 4.96 Å². The highest BCUT2D eigenvalue weighted by Crippen LogP contribution is 2.38. The van der Waals surface area contributed by atoms with Crippen LogP contribution in [-0.4, -0.2) is 44.6 Å². The number of aryl methyl sites for hydroxylation is 1. The van der Waals surface area contributed by atoms with Crippen molar-refractivity contribution in [3.8, 4) is 11.3 Å². The number of aromatic nitrogens is 3. The average molecular weight is 492 g/mol. The second-order valence-corrected chi connectivity index (χ2v) is 11.8. The lowest BCUT2D eigenvalue weighted by Gasteiger charge is -2.19. The van der Waals surface area contributed by atoms with Crippen molar-refractivity contribution in [2.45, 2.75) is 63.3 Å². The summed E-state index contributed by atoms with van der Waals surface area (Å²) in [6.45, 7) is 7.50. The Kier molecular flexibility index (Phi) is 5.99. The minimum atomic E-state index is -4.88. The van der Waals surface area contributed by atoms with Crippen LogP contribution in [0.2, 0.25) is 0 Å². The molecule has 12 heteroatoms. The van der Waals surface area contributed by atoms with Gasteiger partial charge in [-0.05, 0) is 53.2 Å². The molecule has 0 radical (unpaired) electrons. The molecule has 0 aliphatic carbocycles. The molecule has 0 aliphatic rings. The SMILES string of the molecule is Cc1nc2sc(C(C)(C)O)nn2c1-c1ccc(C(F)(F)F)c(S(=O)(=O)CCC(C)(C)O)c1. The molecule has 3 aromatic rings. The van der Waals surface area contributed by atoms with Gasteiger partial charge in [-0.3, -0.25) is 0 Å². The number of halogens is 3. The number of nitrogens with zero attached hydrogens (tertiary/aromatic N) is 3. The Morgan fingerprint density at radius 2 is 1.75 bits per heavy atom. The normalized spacial score (nSPS) is 13.8. The molecule has 0 spiro atoms. The number of sulfone groups is 1. The number of hydrogen-bond donors (Lipinski definition) is 2. The maximum Gasteiger partial charge on any atom is 0.417 e. The zero-order valence-electron chi connectivity index (χ0n) is 18.1. The molecule has 0 fully saturated rings. The van der Waals surface area contributed by atoms with E-state index in [1.807, 2.05) is 0 Å². The van der Waals surface area contributed by atoms with E-state index in [2.05, 4.69) is 10.1 Å². The lowest BCUT2D eigenvalue weighted by atomic mass is 10.1. The highest BCUT2D eigenvalue weighted by Gasteiger charge is 2.38. The second-order valence-electron chi connectivity index (χ2n) is 8.80. The Balaban J connectivity index is 2.21. The van der Waals surface area contributed by atoms with E-state index >= 15 is 0 Å². The van der Waals surface area contributed by atoms with Gasteiger partial charge in [0.1, 0.15) is 10.6 Å². The Morgan fingerprint density at radius 1 is 1.12 bits per heavy atom. The van der Waals surface area contributed by atoms with Gasteiger partial charge in [-0.15, -0.1) is 0 Å². The van der Waals surface area contributed by atoms with Crippen LogP contribution in [-0.2, 0) is 21.6 Å². The second kappa shape index (κ2) is 7.79. The molecule has 0 saturated carbocycles. The fraction of sp³-hybridized carbons (Fsp3) is 0.500. The van der Waals surface area contributed by atoms with Gasteiger partial charge in [-0.1, -0.05) is 17.4 Å². The number of imidazole rings is 1. The molecule has 0 amide bonds. The molecule has 0 saturated heterocycles. The summed E-state index contributed by atoms with van der Waals surface area (Å²) in [5.74, 6) is -0.649. The summed E-state index contributed by atoms with van der Waals surface area (Å²) in [4.78, 5) is 3.91. The lowest BCUT2D eigenvalue weighted by Crippen LogP contribution is -2.24. The van der Waals surface area contributed by atoms with Gasteiger partial charge in [0, 0.05) is 5.56 Å². The molecular formula is C20H24F3N3O4S2. The molecule has 7 nitrogen and oxygen atoms in total. The van der Waals surface area contributed by atoms with Crippen LogP contribution >= 0.6 is 11.3 Å². The molecule has 0 bridgehead atoms. The van der Waals surface area contributed by atoms with Crippen LogP contribution in [0.5, 0.6) is 0 Å². The Hall–Kier alpha value is -2.02. The summed E-state index contributed by atoms with van der Waals surface area (Å²) in [5.41, 5.74) is -2.90. The van der Waals surface area contributed by atoms with Crippen molar-refractivity contribution in [2.75, 3.05) is 5.75 Å². The van der Waals surface area contributed by atoms with Gasteiger partial charge >= 0.3 is 6.18 Å². The topological polar surface area (TPSA) is 105 Å². The van der Waals surface area contributed by atoms with E-state index in [1.165, 1.54) is 24.4 Å². The van der Waals surface area contributed by atoms with Gasteiger partial charge in [0.15, 0.2) is 9.84 Å². The molecule has 2 N–H and O–H groups in total. The van der Waals surface area contributed by atoms with E-state index < -0.39 is 43.4 Å². The predicted octanol–water partition coefficient (Wildman–Crippen LogP) is 3.95. The zero-order valence-corrected chi connectivity index (χ0v) is 19.8. The van der Waals surface area contributed by atoms with Crippen molar-refractivity contribution in [2.24, 2.45) is 0 Å². The van der Waals surface area contributed by atoms with E-state index in [4.69, 9.17) is 0 Å². The maximum absolute atomic E-state index is 13.6. The van der Waals surface area contributed by atoms with Crippen molar-refractivity contribution >= 4 is 26.1 Å². The quantitative estimate of drug-likeness (QED) is 0.541.